The van der Waals surface area contributed by atoms with Crippen molar-refractivity contribution in [3.63, 3.8) is 0 Å². The lowest BCUT2D eigenvalue weighted by Crippen LogP contribution is -2.48. The van der Waals surface area contributed by atoms with Crippen molar-refractivity contribution in [1.29, 1.82) is 0 Å². The molecule has 0 amide bonds. The van der Waals surface area contributed by atoms with E-state index in [0.717, 1.165) is 18.8 Å². The molecule has 2 heteroatoms. The summed E-state index contributed by atoms with van der Waals surface area (Å²) in [7, 11) is 1.79. The van der Waals surface area contributed by atoms with E-state index in [1.807, 2.05) is 0 Å². The minimum Gasteiger partial charge on any atom is -0.376 e. The highest BCUT2D eigenvalue weighted by molar-refractivity contribution is 5.30. The fraction of sp³-hybridized carbons (Fsp3) is 0.625. The van der Waals surface area contributed by atoms with Gasteiger partial charge in [0.1, 0.15) is 0 Å². The van der Waals surface area contributed by atoms with Gasteiger partial charge in [0.15, 0.2) is 0 Å². The minimum absolute atomic E-state index is 0.0201. The third-order valence-corrected chi connectivity index (χ3v) is 5.05. The van der Waals surface area contributed by atoms with Crippen molar-refractivity contribution in [3.8, 4) is 0 Å². The van der Waals surface area contributed by atoms with Crippen LogP contribution < -0.4 is 5.73 Å². The van der Waals surface area contributed by atoms with Gasteiger partial charge < -0.3 is 10.5 Å². The van der Waals surface area contributed by atoms with E-state index in [1.54, 1.807) is 7.11 Å². The maximum Gasteiger partial charge on any atom is 0.0870 e. The molecule has 98 valence electrons. The number of nitrogens with two attached hydrogens (primary N) is 1. The highest BCUT2D eigenvalue weighted by atomic mass is 16.5. The zero-order chi connectivity index (χ0) is 12.6. The van der Waals surface area contributed by atoms with E-state index >= 15 is 0 Å². The largest absolute Gasteiger partial charge is 0.376 e. The van der Waals surface area contributed by atoms with Gasteiger partial charge in [0.05, 0.1) is 11.6 Å². The van der Waals surface area contributed by atoms with Crippen LogP contribution in [-0.2, 0) is 4.74 Å². The van der Waals surface area contributed by atoms with Gasteiger partial charge in [-0.3, -0.25) is 0 Å². The lowest BCUT2D eigenvalue weighted by atomic mass is 9.72. The molecule has 0 heterocycles. The normalized spacial score (nSPS) is 24.1. The number of rotatable bonds is 4. The molecule has 2 fully saturated rings. The highest BCUT2D eigenvalue weighted by Crippen LogP contribution is 2.44. The fourth-order valence-electron chi connectivity index (χ4n) is 3.19. The number of ether oxygens (including phenoxy) is 1. The van der Waals surface area contributed by atoms with E-state index in [4.69, 9.17) is 10.5 Å². The van der Waals surface area contributed by atoms with Gasteiger partial charge in [-0.05, 0) is 49.1 Å². The van der Waals surface area contributed by atoms with Gasteiger partial charge in [-0.25, -0.2) is 0 Å². The van der Waals surface area contributed by atoms with Crippen LogP contribution >= 0.6 is 0 Å². The van der Waals surface area contributed by atoms with Gasteiger partial charge in [0, 0.05) is 7.11 Å². The minimum atomic E-state index is -0.0992. The maximum atomic E-state index is 6.39. The van der Waals surface area contributed by atoms with Crippen molar-refractivity contribution in [2.75, 3.05) is 7.11 Å². The Labute approximate surface area is 110 Å². The van der Waals surface area contributed by atoms with E-state index < -0.39 is 0 Å². The van der Waals surface area contributed by atoms with Crippen LogP contribution in [0.2, 0.25) is 0 Å². The second-order valence-electron chi connectivity index (χ2n) is 5.89. The first kappa shape index (κ1) is 12.2. The van der Waals surface area contributed by atoms with Crippen LogP contribution in [0.5, 0.6) is 0 Å². The molecule has 0 saturated heterocycles. The van der Waals surface area contributed by atoms with Crippen LogP contribution in [0.3, 0.4) is 0 Å². The summed E-state index contributed by atoms with van der Waals surface area (Å²) in [6.45, 7) is 0. The Morgan fingerprint density at radius 3 is 2.22 bits per heavy atom. The molecule has 1 unspecified atom stereocenters. The Hall–Kier alpha value is -0.860. The van der Waals surface area contributed by atoms with Crippen LogP contribution in [0.25, 0.3) is 0 Å². The summed E-state index contributed by atoms with van der Waals surface area (Å²) in [4.78, 5) is 0. The Morgan fingerprint density at radius 2 is 1.83 bits per heavy atom. The highest BCUT2D eigenvalue weighted by Gasteiger charge is 2.43. The molecule has 0 aromatic heterocycles. The molecule has 0 aliphatic heterocycles. The molecule has 2 aliphatic carbocycles. The standard InChI is InChI=1S/C16H23NO/c1-18-16(10-3-11-16)15(17)14-8-6-13(7-9-14)12-4-2-5-12/h6-9,12,15H,2-5,10-11,17H2,1H3. The van der Waals surface area contributed by atoms with Crippen molar-refractivity contribution in [1.82, 2.24) is 0 Å². The molecule has 0 radical (unpaired) electrons. The number of methoxy groups -OCH3 is 1. The molecule has 2 saturated carbocycles. The van der Waals surface area contributed by atoms with Crippen molar-refractivity contribution in [3.05, 3.63) is 35.4 Å². The monoisotopic (exact) mass is 245 g/mol. The molecule has 2 aliphatic rings. The molecule has 3 rings (SSSR count). The first-order valence-corrected chi connectivity index (χ1v) is 7.16. The topological polar surface area (TPSA) is 35.2 Å². The summed E-state index contributed by atoms with van der Waals surface area (Å²) < 4.78 is 5.68. The van der Waals surface area contributed by atoms with Crippen molar-refractivity contribution >= 4 is 0 Å². The zero-order valence-corrected chi connectivity index (χ0v) is 11.2. The Morgan fingerprint density at radius 1 is 1.17 bits per heavy atom. The van der Waals surface area contributed by atoms with E-state index in [2.05, 4.69) is 24.3 Å². The predicted molar refractivity (Wildman–Crippen MR) is 73.6 cm³/mol. The van der Waals surface area contributed by atoms with E-state index in [-0.39, 0.29) is 11.6 Å². The third kappa shape index (κ3) is 1.88. The molecule has 2 N–H and O–H groups in total. The van der Waals surface area contributed by atoms with Gasteiger partial charge in [-0.2, -0.15) is 0 Å². The molecular formula is C16H23NO. The Kier molecular flexibility index (Phi) is 3.16. The van der Waals surface area contributed by atoms with Gasteiger partial charge in [-0.1, -0.05) is 30.7 Å². The fourth-order valence-corrected chi connectivity index (χ4v) is 3.19. The number of hydrogen-bond donors (Lipinski definition) is 1. The summed E-state index contributed by atoms with van der Waals surface area (Å²) in [5.41, 5.74) is 9.00. The average Bonchev–Trinajstić information content (AvgIpc) is 2.27. The second-order valence-corrected chi connectivity index (χ2v) is 5.89. The molecule has 2 nitrogen and oxygen atoms in total. The van der Waals surface area contributed by atoms with Gasteiger partial charge in [-0.15, -0.1) is 0 Å². The van der Waals surface area contributed by atoms with Gasteiger partial charge >= 0.3 is 0 Å². The van der Waals surface area contributed by atoms with Crippen molar-refractivity contribution in [2.24, 2.45) is 5.73 Å². The lowest BCUT2D eigenvalue weighted by molar-refractivity contribution is -0.0911. The third-order valence-electron chi connectivity index (χ3n) is 5.05. The number of hydrogen-bond acceptors (Lipinski definition) is 2. The van der Waals surface area contributed by atoms with Crippen molar-refractivity contribution < 1.29 is 4.74 Å². The molecule has 1 aromatic carbocycles. The summed E-state index contributed by atoms with van der Waals surface area (Å²) in [5, 5.41) is 0. The predicted octanol–water partition coefficient (Wildman–Crippen LogP) is 3.52. The summed E-state index contributed by atoms with van der Waals surface area (Å²) in [6, 6.07) is 8.96. The van der Waals surface area contributed by atoms with Gasteiger partial charge in [0.25, 0.3) is 0 Å². The first-order chi connectivity index (χ1) is 8.75. The second kappa shape index (κ2) is 4.67. The smallest absolute Gasteiger partial charge is 0.0870 e. The number of benzene rings is 1. The Balaban J connectivity index is 1.75. The summed E-state index contributed by atoms with van der Waals surface area (Å²) in [5.74, 6) is 0.801. The summed E-state index contributed by atoms with van der Waals surface area (Å²) in [6.07, 6.45) is 7.52. The molecular weight excluding hydrogens is 222 g/mol. The van der Waals surface area contributed by atoms with Crippen LogP contribution in [-0.4, -0.2) is 12.7 Å². The van der Waals surface area contributed by atoms with Crippen LogP contribution in [0, 0.1) is 0 Å². The lowest BCUT2D eigenvalue weighted by Gasteiger charge is -2.45. The quantitative estimate of drug-likeness (QED) is 0.880. The van der Waals surface area contributed by atoms with E-state index in [0.29, 0.717) is 0 Å². The van der Waals surface area contributed by atoms with E-state index in [9.17, 15) is 0 Å². The van der Waals surface area contributed by atoms with Crippen LogP contribution in [0.4, 0.5) is 0 Å². The molecule has 18 heavy (non-hydrogen) atoms. The molecule has 0 spiro atoms. The van der Waals surface area contributed by atoms with E-state index in [1.165, 1.54) is 36.8 Å². The van der Waals surface area contributed by atoms with Crippen LogP contribution in [0.15, 0.2) is 24.3 Å². The Bertz CT molecular complexity index is 398. The zero-order valence-electron chi connectivity index (χ0n) is 11.2. The van der Waals surface area contributed by atoms with Gasteiger partial charge in [0.2, 0.25) is 0 Å². The summed E-state index contributed by atoms with van der Waals surface area (Å²) >= 11 is 0. The SMILES string of the molecule is COC1(C(N)c2ccc(C3CCC3)cc2)CCC1. The van der Waals surface area contributed by atoms with Crippen molar-refractivity contribution in [2.45, 2.75) is 56.1 Å². The molecule has 0 bridgehead atoms. The molecule has 1 aromatic rings. The first-order valence-electron chi connectivity index (χ1n) is 7.16. The maximum absolute atomic E-state index is 6.39. The molecule has 1 atom stereocenters. The average molecular weight is 245 g/mol. The van der Waals surface area contributed by atoms with Crippen LogP contribution in [0.1, 0.15) is 61.6 Å².